The number of hydrogen-bond donors (Lipinski definition) is 2. The second-order valence-corrected chi connectivity index (χ2v) is 18.6. The molecule has 5 heterocycles. The van der Waals surface area contributed by atoms with Crippen LogP contribution in [0.5, 0.6) is 5.75 Å². The van der Waals surface area contributed by atoms with E-state index in [1.165, 1.54) is 0 Å². The number of rotatable bonds is 15. The van der Waals surface area contributed by atoms with Gasteiger partial charge in [-0.1, -0.05) is 62.8 Å². The molecule has 55 heavy (non-hydrogen) atoms. The minimum Gasteiger partial charge on any atom is -0.618 e. The standard InChI is InChI=1S/C43H53N5O6S/c1-41(2)37-28-42-22-15-24-47(42)40(50)43(37,45-39(42)49)27-33-31-21-20-29(26-35(31)48(51)38(33)41)54-25-12-10-8-6-5-7-9-11-23-44-55(52,53)36-19-14-16-30-32(36)17-13-18-34(30)46(3)4/h13-14,16-21,26-27,37,44H,5-12,15,22-25,28H2,1-4H3,(H,45,49)/t37?,42?,43-/m0/s1. The van der Waals surface area contributed by atoms with E-state index in [0.29, 0.717) is 54.6 Å². The Morgan fingerprint density at radius 2 is 1.67 bits per heavy atom. The highest BCUT2D eigenvalue weighted by Crippen LogP contribution is 2.60. The number of amides is 2. The fourth-order valence-corrected chi connectivity index (χ4v) is 11.5. The molecule has 292 valence electrons. The Kier molecular flexibility index (Phi) is 9.51. The predicted octanol–water partition coefficient (Wildman–Crippen LogP) is 6.65. The summed E-state index contributed by atoms with van der Waals surface area (Å²) in [5.74, 6) is 0.337. The zero-order valence-electron chi connectivity index (χ0n) is 32.4. The van der Waals surface area contributed by atoms with Crippen LogP contribution in [0.2, 0.25) is 0 Å². The molecule has 0 radical (unpaired) electrons. The number of hydrogen-bond acceptors (Lipinski definition) is 7. The second kappa shape index (κ2) is 14.0. The van der Waals surface area contributed by atoms with Gasteiger partial charge in [0, 0.05) is 49.6 Å². The van der Waals surface area contributed by atoms with Crippen molar-refractivity contribution in [2.24, 2.45) is 11.3 Å². The van der Waals surface area contributed by atoms with Crippen molar-refractivity contribution in [3.05, 3.63) is 71.4 Å². The van der Waals surface area contributed by atoms with Crippen LogP contribution in [0.3, 0.4) is 0 Å². The first-order chi connectivity index (χ1) is 26.3. The Morgan fingerprint density at radius 1 is 0.964 bits per heavy atom. The lowest BCUT2D eigenvalue weighted by molar-refractivity contribution is -0.362. The van der Waals surface area contributed by atoms with Gasteiger partial charge in [0.05, 0.1) is 34.1 Å². The lowest BCUT2D eigenvalue weighted by Crippen LogP contribution is -2.83. The number of fused-ring (bicyclic) bond motifs is 5. The molecule has 4 fully saturated rings. The number of nitrogens with zero attached hydrogens (tertiary/aromatic N) is 3. The number of unbranched alkanes of at least 4 members (excludes halogenated alkanes) is 7. The zero-order valence-corrected chi connectivity index (χ0v) is 33.3. The van der Waals surface area contributed by atoms with Crippen molar-refractivity contribution in [1.29, 1.82) is 0 Å². The third kappa shape index (κ3) is 6.02. The summed E-state index contributed by atoms with van der Waals surface area (Å²) in [7, 11) is 0.296. The van der Waals surface area contributed by atoms with Crippen LogP contribution < -0.4 is 19.7 Å². The third-order valence-electron chi connectivity index (χ3n) is 13.0. The maximum Gasteiger partial charge on any atom is 0.253 e. The molecule has 3 aromatic rings. The molecule has 12 heteroatoms. The molecule has 2 unspecified atom stereocenters. The number of benzene rings is 3. The maximum atomic E-state index is 14.0. The van der Waals surface area contributed by atoms with Gasteiger partial charge >= 0.3 is 0 Å². The van der Waals surface area contributed by atoms with E-state index in [9.17, 15) is 23.2 Å². The van der Waals surface area contributed by atoms with Crippen LogP contribution in [0.4, 0.5) is 11.4 Å². The third-order valence-corrected chi connectivity index (χ3v) is 14.5. The van der Waals surface area contributed by atoms with E-state index >= 15 is 0 Å². The van der Waals surface area contributed by atoms with Gasteiger partial charge in [-0.2, -0.15) is 4.74 Å². The largest absolute Gasteiger partial charge is 0.618 e. The molecular weight excluding hydrogens is 715 g/mol. The van der Waals surface area contributed by atoms with Crippen molar-refractivity contribution in [1.82, 2.24) is 14.9 Å². The first kappa shape index (κ1) is 37.5. The summed E-state index contributed by atoms with van der Waals surface area (Å²) in [6, 6.07) is 16.8. The molecule has 2 N–H and O–H groups in total. The minimum atomic E-state index is -3.61. The predicted molar refractivity (Wildman–Crippen MR) is 215 cm³/mol. The summed E-state index contributed by atoms with van der Waals surface area (Å²) in [6.45, 7) is 5.67. The number of ether oxygens (including phenoxy) is 1. The van der Waals surface area contributed by atoms with Crippen LogP contribution in [0.15, 0.2) is 65.6 Å². The number of carbonyl (C=O) groups is 2. The van der Waals surface area contributed by atoms with Gasteiger partial charge in [-0.3, -0.25) is 9.59 Å². The van der Waals surface area contributed by atoms with Crippen LogP contribution in [-0.4, -0.2) is 80.5 Å². The van der Waals surface area contributed by atoms with Gasteiger partial charge in [0.25, 0.3) is 5.91 Å². The van der Waals surface area contributed by atoms with Gasteiger partial charge in [0.1, 0.15) is 16.8 Å². The molecule has 4 saturated heterocycles. The first-order valence-electron chi connectivity index (χ1n) is 20.0. The smallest absolute Gasteiger partial charge is 0.253 e. The van der Waals surface area contributed by atoms with E-state index in [-0.39, 0.29) is 17.7 Å². The summed E-state index contributed by atoms with van der Waals surface area (Å²) in [5, 5.41) is 18.8. The second-order valence-electron chi connectivity index (χ2n) is 16.9. The van der Waals surface area contributed by atoms with Crippen molar-refractivity contribution < 1.29 is 27.5 Å². The Hall–Kier alpha value is -4.42. The van der Waals surface area contributed by atoms with Gasteiger partial charge < -0.3 is 25.1 Å². The van der Waals surface area contributed by atoms with Crippen molar-refractivity contribution in [2.45, 2.75) is 100 Å². The fraction of sp³-hybridized carbons (Fsp3) is 0.512. The topological polar surface area (TPSA) is 134 Å². The zero-order chi connectivity index (χ0) is 38.8. The number of sulfonamides is 1. The Balaban J connectivity index is 0.780. The number of piperazine rings is 1. The highest BCUT2D eigenvalue weighted by molar-refractivity contribution is 7.89. The molecular formula is C43H53N5O6S. The molecule has 3 aromatic carbocycles. The lowest BCUT2D eigenvalue weighted by Gasteiger charge is -2.62. The van der Waals surface area contributed by atoms with E-state index in [1.54, 1.807) is 12.1 Å². The molecule has 11 nitrogen and oxygen atoms in total. The van der Waals surface area contributed by atoms with Crippen molar-refractivity contribution in [3.63, 3.8) is 0 Å². The molecule has 0 aromatic heterocycles. The molecule has 6 aliphatic rings. The van der Waals surface area contributed by atoms with E-state index in [2.05, 4.69) is 10.0 Å². The quantitative estimate of drug-likeness (QED) is 0.101. The van der Waals surface area contributed by atoms with Crippen LogP contribution in [-0.2, 0) is 19.6 Å². The highest BCUT2D eigenvalue weighted by atomic mass is 32.2. The number of nitrogens with one attached hydrogen (secondary N) is 2. The first-order valence-corrected chi connectivity index (χ1v) is 21.5. The average Bonchev–Trinajstić information content (AvgIpc) is 3.72. The van der Waals surface area contributed by atoms with Gasteiger partial charge in [0.2, 0.25) is 27.3 Å². The monoisotopic (exact) mass is 767 g/mol. The molecule has 1 aliphatic carbocycles. The molecule has 9 rings (SSSR count). The van der Waals surface area contributed by atoms with Crippen LogP contribution in [0.25, 0.3) is 16.3 Å². The molecule has 3 atom stereocenters. The lowest BCUT2D eigenvalue weighted by atomic mass is 9.51. The average molecular weight is 768 g/mol. The fourth-order valence-electron chi connectivity index (χ4n) is 10.2. The summed E-state index contributed by atoms with van der Waals surface area (Å²) in [4.78, 5) is 31.6. The Morgan fingerprint density at radius 3 is 2.44 bits per heavy atom. The molecule has 0 saturated carbocycles. The minimum absolute atomic E-state index is 0.0381. The number of allylic oxidation sites excluding steroid dienone is 1. The van der Waals surface area contributed by atoms with E-state index in [1.807, 2.05) is 86.3 Å². The Bertz CT molecular complexity index is 2230. The molecule has 2 bridgehead atoms. The summed E-state index contributed by atoms with van der Waals surface area (Å²) in [5.41, 5.74) is 1.10. The van der Waals surface area contributed by atoms with Gasteiger partial charge in [-0.25, -0.2) is 13.1 Å². The number of piperidine rings is 2. The van der Waals surface area contributed by atoms with Crippen LogP contribution in [0.1, 0.15) is 90.0 Å². The maximum absolute atomic E-state index is 14.0. The van der Waals surface area contributed by atoms with E-state index in [0.717, 1.165) is 90.1 Å². The van der Waals surface area contributed by atoms with Gasteiger partial charge in [0.15, 0.2) is 0 Å². The van der Waals surface area contributed by atoms with E-state index in [4.69, 9.17) is 4.74 Å². The summed E-state index contributed by atoms with van der Waals surface area (Å²) < 4.78 is 36.3. The number of carbonyl (C=O) groups excluding carboxylic acids is 2. The summed E-state index contributed by atoms with van der Waals surface area (Å²) in [6.07, 6.45) is 12.0. The van der Waals surface area contributed by atoms with Crippen LogP contribution in [0, 0.1) is 16.5 Å². The van der Waals surface area contributed by atoms with Crippen LogP contribution >= 0.6 is 0 Å². The molecule has 2 spiro atoms. The molecule has 5 aliphatic heterocycles. The van der Waals surface area contributed by atoms with E-state index < -0.39 is 26.5 Å². The molecule has 2 amide bonds. The SMILES string of the molecule is CN(C)c1cccc2c(S(=O)(=O)NCCCCCCCCCCOc3ccc4c(c3)[N+]([O-])=C3C4=C[C@@]45NC(=O)C6(CCCN6C4=O)CC5C3(C)C)cccc12. The van der Waals surface area contributed by atoms with Crippen molar-refractivity contribution in [2.75, 3.05) is 38.7 Å². The highest BCUT2D eigenvalue weighted by Gasteiger charge is 2.74. The normalized spacial score (nSPS) is 24.7. The van der Waals surface area contributed by atoms with Crippen molar-refractivity contribution in [3.8, 4) is 5.75 Å². The van der Waals surface area contributed by atoms with Crippen molar-refractivity contribution >= 4 is 55.3 Å². The van der Waals surface area contributed by atoms with Gasteiger partial charge in [-0.05, 0) is 76.3 Å². The Labute approximate surface area is 324 Å². The summed E-state index contributed by atoms with van der Waals surface area (Å²) >= 11 is 0. The van der Waals surface area contributed by atoms with Gasteiger partial charge in [-0.15, -0.1) is 0 Å². The number of anilines is 1.